The van der Waals surface area contributed by atoms with Crippen molar-refractivity contribution in [2.75, 3.05) is 0 Å². The molecule has 0 atom stereocenters. The van der Waals surface area contributed by atoms with Gasteiger partial charge in [-0.2, -0.15) is 0 Å². The molecule has 0 unspecified atom stereocenters. The number of hydrogen-bond acceptors (Lipinski definition) is 5. The minimum absolute atomic E-state index is 0.0306. The molecule has 3 rings (SSSR count). The Morgan fingerprint density at radius 1 is 1.40 bits per heavy atom. The van der Waals surface area contributed by atoms with Crippen LogP contribution in [0.1, 0.15) is 12.1 Å². The minimum Gasteiger partial charge on any atom is -0.486 e. The van der Waals surface area contributed by atoms with Crippen molar-refractivity contribution in [1.29, 1.82) is 0 Å². The van der Waals surface area contributed by atoms with Gasteiger partial charge in [-0.05, 0) is 18.2 Å². The van der Waals surface area contributed by atoms with E-state index in [-0.39, 0.29) is 35.9 Å². The number of fused-ring (bicyclic) bond motifs is 1. The van der Waals surface area contributed by atoms with Gasteiger partial charge in [-0.25, -0.2) is 9.18 Å². The monoisotopic (exact) mass is 366 g/mol. The molecule has 0 fully saturated rings. The highest BCUT2D eigenvalue weighted by atomic mass is 35.5. The van der Waals surface area contributed by atoms with Crippen LogP contribution >= 0.6 is 11.6 Å². The van der Waals surface area contributed by atoms with Crippen molar-refractivity contribution < 1.29 is 23.4 Å². The van der Waals surface area contributed by atoms with Crippen LogP contribution in [-0.4, -0.2) is 20.6 Å². The molecule has 0 bridgehead atoms. The number of benzene rings is 1. The first-order valence-corrected chi connectivity index (χ1v) is 7.60. The third-order valence-electron chi connectivity index (χ3n) is 3.44. The molecule has 0 aliphatic rings. The number of pyridine rings is 1. The van der Waals surface area contributed by atoms with E-state index in [1.54, 1.807) is 0 Å². The number of ether oxygens (including phenoxy) is 1. The van der Waals surface area contributed by atoms with Crippen LogP contribution in [0, 0.1) is 5.82 Å². The van der Waals surface area contributed by atoms with Gasteiger partial charge in [0.1, 0.15) is 18.2 Å². The summed E-state index contributed by atoms with van der Waals surface area (Å²) >= 11 is 6.16. The van der Waals surface area contributed by atoms with Gasteiger partial charge in [0.2, 0.25) is 0 Å². The van der Waals surface area contributed by atoms with E-state index in [0.717, 1.165) is 6.20 Å². The highest BCUT2D eigenvalue weighted by molar-refractivity contribution is 6.32. The number of aryl methyl sites for hydroxylation is 1. The number of rotatable bonds is 6. The predicted octanol–water partition coefficient (Wildman–Crippen LogP) is 2.84. The summed E-state index contributed by atoms with van der Waals surface area (Å²) in [5.74, 6) is -1.89. The summed E-state index contributed by atoms with van der Waals surface area (Å²) in [6.07, 6.45) is 0.853. The lowest BCUT2D eigenvalue weighted by atomic mass is 10.3. The van der Waals surface area contributed by atoms with E-state index in [1.165, 1.54) is 28.8 Å². The van der Waals surface area contributed by atoms with Crippen molar-refractivity contribution in [3.63, 3.8) is 0 Å². The van der Waals surface area contributed by atoms with E-state index in [1.807, 2.05) is 0 Å². The second-order valence-electron chi connectivity index (χ2n) is 5.17. The van der Waals surface area contributed by atoms with Crippen molar-refractivity contribution in [3.05, 3.63) is 57.5 Å². The molecule has 2 heterocycles. The fourth-order valence-electron chi connectivity index (χ4n) is 2.24. The quantitative estimate of drug-likeness (QED) is 0.720. The summed E-state index contributed by atoms with van der Waals surface area (Å²) in [5.41, 5.74) is 1.10. The van der Waals surface area contributed by atoms with E-state index in [0.29, 0.717) is 11.2 Å². The SMILES string of the molecule is O=C(O)CCn1c(=O)oc2cc(OCc3ccc(F)cn3)c(Cl)cc21. The summed E-state index contributed by atoms with van der Waals surface area (Å²) < 4.78 is 24.7. The van der Waals surface area contributed by atoms with E-state index < -0.39 is 17.5 Å². The predicted molar refractivity (Wildman–Crippen MR) is 86.3 cm³/mol. The van der Waals surface area contributed by atoms with Gasteiger partial charge in [0.25, 0.3) is 0 Å². The number of carboxylic acid groups (broad SMARTS) is 1. The molecule has 1 N–H and O–H groups in total. The smallest absolute Gasteiger partial charge is 0.419 e. The molecule has 0 radical (unpaired) electrons. The molecule has 3 aromatic rings. The maximum Gasteiger partial charge on any atom is 0.419 e. The summed E-state index contributed by atoms with van der Waals surface area (Å²) in [7, 11) is 0. The largest absolute Gasteiger partial charge is 0.486 e. The van der Waals surface area contributed by atoms with Crippen LogP contribution in [-0.2, 0) is 17.9 Å². The van der Waals surface area contributed by atoms with E-state index >= 15 is 0 Å². The standard InChI is InChI=1S/C16H12ClFN2O5/c17-11-5-12-14(25-16(23)20(12)4-3-15(21)22)6-13(11)24-8-10-2-1-9(18)7-19-10/h1-2,5-7H,3-4,8H2,(H,21,22). The summed E-state index contributed by atoms with van der Waals surface area (Å²) in [5, 5.41) is 8.97. The first-order chi connectivity index (χ1) is 11.9. The molecule has 0 aliphatic heterocycles. The molecule has 9 heteroatoms. The average molecular weight is 367 g/mol. The van der Waals surface area contributed by atoms with Gasteiger partial charge in [-0.1, -0.05) is 11.6 Å². The molecule has 0 amide bonds. The number of carbonyl (C=O) groups is 1. The lowest BCUT2D eigenvalue weighted by molar-refractivity contribution is -0.137. The van der Waals surface area contributed by atoms with Crippen LogP contribution in [0.3, 0.4) is 0 Å². The summed E-state index contributed by atoms with van der Waals surface area (Å²) in [6.45, 7) is 0.0205. The number of nitrogens with zero attached hydrogens (tertiary/aromatic N) is 2. The molecule has 0 aliphatic carbocycles. The topological polar surface area (TPSA) is 94.6 Å². The number of oxazole rings is 1. The zero-order valence-corrected chi connectivity index (χ0v) is 13.5. The Balaban J connectivity index is 1.85. The fraction of sp³-hybridized carbons (Fsp3) is 0.188. The van der Waals surface area contributed by atoms with E-state index in [9.17, 15) is 14.0 Å². The van der Waals surface area contributed by atoms with Crippen molar-refractivity contribution in [3.8, 4) is 5.75 Å². The molecule has 0 saturated heterocycles. The molecule has 130 valence electrons. The zero-order chi connectivity index (χ0) is 18.0. The molecule has 1 aromatic carbocycles. The normalized spacial score (nSPS) is 11.0. The third kappa shape index (κ3) is 3.80. The van der Waals surface area contributed by atoms with Crippen LogP contribution in [0.2, 0.25) is 5.02 Å². The van der Waals surface area contributed by atoms with Crippen LogP contribution in [0.5, 0.6) is 5.75 Å². The Morgan fingerprint density at radius 3 is 2.88 bits per heavy atom. The van der Waals surface area contributed by atoms with Crippen LogP contribution in [0.4, 0.5) is 4.39 Å². The van der Waals surface area contributed by atoms with Crippen molar-refractivity contribution in [2.45, 2.75) is 19.6 Å². The lowest BCUT2D eigenvalue weighted by Crippen LogP contribution is -2.16. The van der Waals surface area contributed by atoms with Gasteiger partial charge >= 0.3 is 11.7 Å². The highest BCUT2D eigenvalue weighted by Crippen LogP contribution is 2.30. The number of carboxylic acids is 1. The van der Waals surface area contributed by atoms with Crippen LogP contribution in [0.25, 0.3) is 11.1 Å². The van der Waals surface area contributed by atoms with Crippen molar-refractivity contribution in [1.82, 2.24) is 9.55 Å². The van der Waals surface area contributed by atoms with Gasteiger partial charge < -0.3 is 14.3 Å². The van der Waals surface area contributed by atoms with Gasteiger partial charge in [0.05, 0.1) is 28.9 Å². The number of hydrogen-bond donors (Lipinski definition) is 1. The average Bonchev–Trinajstić information content (AvgIpc) is 2.86. The number of aromatic nitrogens is 2. The third-order valence-corrected chi connectivity index (χ3v) is 3.73. The maximum atomic E-state index is 12.8. The fourth-order valence-corrected chi connectivity index (χ4v) is 2.45. The van der Waals surface area contributed by atoms with E-state index in [4.69, 9.17) is 25.9 Å². The minimum atomic E-state index is -1.03. The van der Waals surface area contributed by atoms with Crippen LogP contribution in [0.15, 0.2) is 39.7 Å². The molecule has 0 spiro atoms. The first kappa shape index (κ1) is 17.0. The number of aliphatic carboxylic acids is 1. The van der Waals surface area contributed by atoms with Gasteiger partial charge in [-0.15, -0.1) is 0 Å². The highest BCUT2D eigenvalue weighted by Gasteiger charge is 2.14. The molecular formula is C16H12ClFN2O5. The molecule has 0 saturated carbocycles. The Kier molecular flexibility index (Phi) is 4.71. The molecule has 2 aromatic heterocycles. The molecule has 25 heavy (non-hydrogen) atoms. The second-order valence-corrected chi connectivity index (χ2v) is 5.58. The second kappa shape index (κ2) is 6.94. The lowest BCUT2D eigenvalue weighted by Gasteiger charge is -2.08. The molecule has 7 nitrogen and oxygen atoms in total. The van der Waals surface area contributed by atoms with Crippen molar-refractivity contribution in [2.24, 2.45) is 0 Å². The Morgan fingerprint density at radius 2 is 2.20 bits per heavy atom. The summed E-state index contributed by atoms with van der Waals surface area (Å²) in [6, 6.07) is 5.65. The van der Waals surface area contributed by atoms with Gasteiger partial charge in [-0.3, -0.25) is 14.3 Å². The Labute approximate surface area is 145 Å². The number of halogens is 2. The Hall–Kier alpha value is -2.87. The van der Waals surface area contributed by atoms with Crippen LogP contribution < -0.4 is 10.5 Å². The Bertz CT molecular complexity index is 981. The molecular weight excluding hydrogens is 355 g/mol. The zero-order valence-electron chi connectivity index (χ0n) is 12.7. The maximum absolute atomic E-state index is 12.8. The van der Waals surface area contributed by atoms with Gasteiger partial charge in [0.15, 0.2) is 5.58 Å². The van der Waals surface area contributed by atoms with Crippen molar-refractivity contribution >= 4 is 28.7 Å². The van der Waals surface area contributed by atoms with E-state index in [2.05, 4.69) is 4.98 Å². The first-order valence-electron chi connectivity index (χ1n) is 7.22. The van der Waals surface area contributed by atoms with Gasteiger partial charge in [0, 0.05) is 12.6 Å². The summed E-state index contributed by atoms with van der Waals surface area (Å²) in [4.78, 5) is 26.4.